The van der Waals surface area contributed by atoms with E-state index >= 15 is 0 Å². The highest BCUT2D eigenvalue weighted by molar-refractivity contribution is 6.10. The van der Waals surface area contributed by atoms with Gasteiger partial charge in [0, 0.05) is 5.69 Å². The molecule has 1 aliphatic rings. The van der Waals surface area contributed by atoms with Crippen molar-refractivity contribution in [1.29, 1.82) is 0 Å². The summed E-state index contributed by atoms with van der Waals surface area (Å²) in [5.41, 5.74) is 3.56. The summed E-state index contributed by atoms with van der Waals surface area (Å²) < 4.78 is 0. The first-order chi connectivity index (χ1) is 17.8. The Morgan fingerprint density at radius 2 is 1.28 bits per heavy atom. The first kappa shape index (κ1) is 22.1. The first-order valence-electron chi connectivity index (χ1n) is 12.4. The average molecular weight is 466 g/mol. The molecule has 0 bridgehead atoms. The molecule has 0 unspecified atom stereocenters. The molecular formula is C34H27NO. The second-order valence-electron chi connectivity index (χ2n) is 9.37. The number of amides is 1. The van der Waals surface area contributed by atoms with E-state index in [0.29, 0.717) is 6.42 Å². The molecule has 0 aromatic heterocycles. The summed E-state index contributed by atoms with van der Waals surface area (Å²) in [6, 6.07) is 45.5. The van der Waals surface area contributed by atoms with Gasteiger partial charge in [-0.25, -0.2) is 0 Å². The smallest absolute Gasteiger partial charge is 0.241 e. The number of β-lactam (4-membered cyclic amide) rings is 1. The van der Waals surface area contributed by atoms with Gasteiger partial charge in [-0.3, -0.25) is 4.79 Å². The van der Waals surface area contributed by atoms with Gasteiger partial charge in [0.2, 0.25) is 5.91 Å². The summed E-state index contributed by atoms with van der Waals surface area (Å²) in [6.07, 6.45) is 4.91. The summed E-state index contributed by atoms with van der Waals surface area (Å²) in [5.74, 6) is 0.135. The van der Waals surface area contributed by atoms with Crippen LogP contribution in [0.25, 0.3) is 16.8 Å². The van der Waals surface area contributed by atoms with E-state index in [1.165, 1.54) is 5.39 Å². The fourth-order valence-electron chi connectivity index (χ4n) is 5.54. The van der Waals surface area contributed by atoms with Crippen molar-refractivity contribution in [3.05, 3.63) is 156 Å². The van der Waals surface area contributed by atoms with Crippen molar-refractivity contribution in [2.75, 3.05) is 4.90 Å². The minimum atomic E-state index is -0.702. The second-order valence-corrected chi connectivity index (χ2v) is 9.37. The van der Waals surface area contributed by atoms with Crippen LogP contribution >= 0.6 is 0 Å². The number of allylic oxidation sites excluding steroid dienone is 1. The lowest BCUT2D eigenvalue weighted by atomic mass is 9.61. The Bertz CT molecular complexity index is 1530. The molecule has 0 spiro atoms. The molecule has 2 nitrogen and oxygen atoms in total. The molecule has 0 saturated carbocycles. The summed E-state index contributed by atoms with van der Waals surface area (Å²) in [6.45, 7) is 0. The molecule has 1 heterocycles. The van der Waals surface area contributed by atoms with E-state index in [9.17, 15) is 4.79 Å². The van der Waals surface area contributed by atoms with Crippen LogP contribution in [-0.2, 0) is 10.2 Å². The molecule has 1 fully saturated rings. The van der Waals surface area contributed by atoms with Crippen LogP contribution in [0.4, 0.5) is 5.69 Å². The quantitative estimate of drug-likeness (QED) is 0.233. The predicted octanol–water partition coefficient (Wildman–Crippen LogP) is 7.97. The minimum Gasteiger partial charge on any atom is -0.303 e. The maximum atomic E-state index is 14.3. The van der Waals surface area contributed by atoms with Crippen molar-refractivity contribution in [3.8, 4) is 0 Å². The molecule has 5 aromatic rings. The maximum Gasteiger partial charge on any atom is 0.241 e. The molecule has 36 heavy (non-hydrogen) atoms. The maximum absolute atomic E-state index is 14.3. The number of para-hydroxylation sites is 1. The summed E-state index contributed by atoms with van der Waals surface area (Å²) in [4.78, 5) is 16.3. The standard InChI is InChI=1S/C34H27NO/c36-33-34(24-12-15-26-13-4-1-5-14-26,30-23-22-27-16-10-11-19-29(27)25-30)32(28-17-6-2-7-18-28)35(33)31-20-8-3-9-21-31/h1-23,25,32H,24H2/b15-12+/t32-,34+/m1/s1. The largest absolute Gasteiger partial charge is 0.303 e. The molecule has 174 valence electrons. The molecule has 2 heteroatoms. The zero-order valence-corrected chi connectivity index (χ0v) is 20.0. The van der Waals surface area contributed by atoms with Crippen LogP contribution in [0.1, 0.15) is 29.2 Å². The van der Waals surface area contributed by atoms with Crippen LogP contribution in [0.15, 0.2) is 140 Å². The Morgan fingerprint density at radius 3 is 2.00 bits per heavy atom. The van der Waals surface area contributed by atoms with Gasteiger partial charge in [-0.15, -0.1) is 0 Å². The number of fused-ring (bicyclic) bond motifs is 1. The molecule has 1 amide bonds. The highest BCUT2D eigenvalue weighted by Gasteiger charge is 2.61. The lowest BCUT2D eigenvalue weighted by Crippen LogP contribution is -2.66. The number of hydrogen-bond acceptors (Lipinski definition) is 1. The van der Waals surface area contributed by atoms with Crippen LogP contribution in [-0.4, -0.2) is 5.91 Å². The van der Waals surface area contributed by atoms with Gasteiger partial charge in [-0.05, 0) is 52.1 Å². The Hall–Kier alpha value is -4.43. The number of nitrogens with zero attached hydrogens (tertiary/aromatic N) is 1. The number of anilines is 1. The van der Waals surface area contributed by atoms with Gasteiger partial charge >= 0.3 is 0 Å². The van der Waals surface area contributed by atoms with Gasteiger partial charge in [-0.1, -0.05) is 127 Å². The Morgan fingerprint density at radius 1 is 0.667 bits per heavy atom. The minimum absolute atomic E-state index is 0.116. The van der Waals surface area contributed by atoms with Gasteiger partial charge in [0.25, 0.3) is 0 Å². The fourth-order valence-corrected chi connectivity index (χ4v) is 5.54. The third-order valence-corrected chi connectivity index (χ3v) is 7.29. The Kier molecular flexibility index (Phi) is 5.71. The first-order valence-corrected chi connectivity index (χ1v) is 12.4. The molecular weight excluding hydrogens is 438 g/mol. The van der Waals surface area contributed by atoms with Crippen molar-refractivity contribution in [1.82, 2.24) is 0 Å². The summed E-state index contributed by atoms with van der Waals surface area (Å²) in [5, 5.41) is 2.33. The zero-order chi connectivity index (χ0) is 24.4. The van der Waals surface area contributed by atoms with E-state index in [4.69, 9.17) is 0 Å². The SMILES string of the molecule is O=C1N(c2ccccc2)[C@H](c2ccccc2)[C@]1(C/C=C/c1ccccc1)c1ccc2ccccc2c1. The van der Waals surface area contributed by atoms with E-state index in [1.807, 2.05) is 59.5 Å². The predicted molar refractivity (Wildman–Crippen MR) is 149 cm³/mol. The van der Waals surface area contributed by atoms with Crippen molar-refractivity contribution in [2.24, 2.45) is 0 Å². The van der Waals surface area contributed by atoms with Crippen molar-refractivity contribution in [2.45, 2.75) is 17.9 Å². The van der Waals surface area contributed by atoms with Crippen LogP contribution < -0.4 is 4.90 Å². The molecule has 0 aliphatic carbocycles. The summed E-state index contributed by atoms with van der Waals surface area (Å²) in [7, 11) is 0. The number of carbonyl (C=O) groups is 1. The van der Waals surface area contributed by atoms with Crippen molar-refractivity contribution >= 4 is 28.4 Å². The molecule has 5 aromatic carbocycles. The molecule has 1 aliphatic heterocycles. The number of rotatable bonds is 6. The van der Waals surface area contributed by atoms with Crippen molar-refractivity contribution < 1.29 is 4.79 Å². The van der Waals surface area contributed by atoms with E-state index in [1.54, 1.807) is 0 Å². The van der Waals surface area contributed by atoms with Crippen LogP contribution in [0.5, 0.6) is 0 Å². The van der Waals surface area contributed by atoms with Gasteiger partial charge in [-0.2, -0.15) is 0 Å². The average Bonchev–Trinajstić information content (AvgIpc) is 2.95. The second kappa shape index (κ2) is 9.31. The van der Waals surface area contributed by atoms with Gasteiger partial charge in [0.15, 0.2) is 0 Å². The van der Waals surface area contributed by atoms with E-state index in [-0.39, 0.29) is 11.9 Å². The van der Waals surface area contributed by atoms with E-state index in [2.05, 4.69) is 91.0 Å². The van der Waals surface area contributed by atoms with Gasteiger partial charge < -0.3 is 4.90 Å². The third kappa shape index (κ3) is 3.72. The van der Waals surface area contributed by atoms with Crippen LogP contribution in [0.3, 0.4) is 0 Å². The number of hydrogen-bond donors (Lipinski definition) is 0. The highest BCUT2D eigenvalue weighted by Crippen LogP contribution is 2.56. The molecule has 2 atom stereocenters. The van der Waals surface area contributed by atoms with Gasteiger partial charge in [0.05, 0.1) is 6.04 Å². The van der Waals surface area contributed by atoms with Crippen LogP contribution in [0, 0.1) is 0 Å². The Balaban J connectivity index is 1.52. The number of benzene rings is 5. The molecule has 6 rings (SSSR count). The Labute approximate surface area is 212 Å². The molecule has 1 saturated heterocycles. The number of carbonyl (C=O) groups excluding carboxylic acids is 1. The highest BCUT2D eigenvalue weighted by atomic mass is 16.2. The van der Waals surface area contributed by atoms with E-state index < -0.39 is 5.41 Å². The third-order valence-electron chi connectivity index (χ3n) is 7.29. The van der Waals surface area contributed by atoms with Crippen LogP contribution in [0.2, 0.25) is 0 Å². The fraction of sp³-hybridized carbons (Fsp3) is 0.0882. The lowest BCUT2D eigenvalue weighted by Gasteiger charge is -2.56. The normalized spacial score (nSPS) is 19.5. The summed E-state index contributed by atoms with van der Waals surface area (Å²) >= 11 is 0. The molecule has 0 N–H and O–H groups in total. The van der Waals surface area contributed by atoms with E-state index in [0.717, 1.165) is 27.8 Å². The van der Waals surface area contributed by atoms with Crippen molar-refractivity contribution in [3.63, 3.8) is 0 Å². The monoisotopic (exact) mass is 465 g/mol. The molecule has 0 radical (unpaired) electrons. The zero-order valence-electron chi connectivity index (χ0n) is 20.0. The van der Waals surface area contributed by atoms with Gasteiger partial charge in [0.1, 0.15) is 5.41 Å². The topological polar surface area (TPSA) is 20.3 Å². The lowest BCUT2D eigenvalue weighted by molar-refractivity contribution is -0.133.